The first kappa shape index (κ1) is 22.8. The lowest BCUT2D eigenvalue weighted by atomic mass is 10.0. The van der Waals surface area contributed by atoms with Gasteiger partial charge in [-0.1, -0.05) is 6.07 Å². The van der Waals surface area contributed by atoms with Crippen molar-refractivity contribution in [2.75, 3.05) is 48.8 Å². The fraction of sp³-hybridized carbons (Fsp3) is 0.231. The molecule has 2 heterocycles. The average molecular weight is 477 g/mol. The van der Waals surface area contributed by atoms with Gasteiger partial charge in [0.05, 0.1) is 11.1 Å². The van der Waals surface area contributed by atoms with Gasteiger partial charge in [0.2, 0.25) is 0 Å². The molecule has 0 spiro atoms. The SMILES string of the molecule is CNc1cc(N2CCNCC2)ccc1C(=O)Nc1n[nH]c2ccc(Cc3cc(F)cc(F)c3)cc12. The smallest absolute Gasteiger partial charge is 0.258 e. The molecule has 1 aromatic heterocycles. The van der Waals surface area contributed by atoms with Crippen LogP contribution in [0.1, 0.15) is 21.5 Å². The van der Waals surface area contributed by atoms with Gasteiger partial charge < -0.3 is 20.9 Å². The minimum Gasteiger partial charge on any atom is -0.387 e. The van der Waals surface area contributed by atoms with E-state index in [9.17, 15) is 13.6 Å². The van der Waals surface area contributed by atoms with Crippen molar-refractivity contribution < 1.29 is 13.6 Å². The number of H-pyrrole nitrogens is 1. The Morgan fingerprint density at radius 1 is 1.00 bits per heavy atom. The molecule has 0 aliphatic carbocycles. The second-order valence-corrected chi connectivity index (χ2v) is 8.58. The van der Waals surface area contributed by atoms with Gasteiger partial charge in [0.25, 0.3) is 5.91 Å². The topological polar surface area (TPSA) is 85.1 Å². The summed E-state index contributed by atoms with van der Waals surface area (Å²) in [5.41, 5.74) is 4.42. The van der Waals surface area contributed by atoms with Crippen molar-refractivity contribution in [1.82, 2.24) is 15.5 Å². The van der Waals surface area contributed by atoms with Crippen molar-refractivity contribution in [3.05, 3.63) is 82.9 Å². The first-order valence-electron chi connectivity index (χ1n) is 11.5. The number of carbonyl (C=O) groups excluding carboxylic acids is 1. The Labute approximate surface area is 201 Å². The highest BCUT2D eigenvalue weighted by atomic mass is 19.1. The van der Waals surface area contributed by atoms with E-state index >= 15 is 0 Å². The van der Waals surface area contributed by atoms with E-state index in [2.05, 4.69) is 31.0 Å². The number of fused-ring (bicyclic) bond motifs is 1. The van der Waals surface area contributed by atoms with E-state index in [0.717, 1.165) is 60.1 Å². The third-order valence-electron chi connectivity index (χ3n) is 6.19. The van der Waals surface area contributed by atoms with Gasteiger partial charge in [0.15, 0.2) is 5.82 Å². The number of halogens is 2. The van der Waals surface area contributed by atoms with E-state index < -0.39 is 11.6 Å². The van der Waals surface area contributed by atoms with Crippen LogP contribution in [0, 0.1) is 11.6 Å². The summed E-state index contributed by atoms with van der Waals surface area (Å²) < 4.78 is 27.2. The molecule has 0 radical (unpaired) electrons. The molecule has 4 N–H and O–H groups in total. The highest BCUT2D eigenvalue weighted by Gasteiger charge is 2.18. The van der Waals surface area contributed by atoms with E-state index in [1.165, 1.54) is 12.1 Å². The predicted octanol–water partition coefficient (Wildman–Crippen LogP) is 4.14. The third-order valence-corrected chi connectivity index (χ3v) is 6.19. The maximum Gasteiger partial charge on any atom is 0.258 e. The van der Waals surface area contributed by atoms with Crippen LogP contribution in [0.5, 0.6) is 0 Å². The molecule has 0 unspecified atom stereocenters. The largest absolute Gasteiger partial charge is 0.387 e. The number of rotatable bonds is 6. The van der Waals surface area contributed by atoms with E-state index in [0.29, 0.717) is 23.4 Å². The number of hydrogen-bond acceptors (Lipinski definition) is 5. The van der Waals surface area contributed by atoms with Crippen LogP contribution in [-0.4, -0.2) is 49.3 Å². The summed E-state index contributed by atoms with van der Waals surface area (Å²) in [5, 5.41) is 17.3. The zero-order valence-corrected chi connectivity index (χ0v) is 19.3. The van der Waals surface area contributed by atoms with Crippen molar-refractivity contribution in [2.24, 2.45) is 0 Å². The number of carbonyl (C=O) groups is 1. The molecule has 35 heavy (non-hydrogen) atoms. The number of anilines is 3. The van der Waals surface area contributed by atoms with Crippen LogP contribution in [0.3, 0.4) is 0 Å². The number of piperazine rings is 1. The Hall–Kier alpha value is -3.98. The Morgan fingerprint density at radius 3 is 2.51 bits per heavy atom. The van der Waals surface area contributed by atoms with Crippen LogP contribution in [-0.2, 0) is 6.42 Å². The number of amides is 1. The van der Waals surface area contributed by atoms with Gasteiger partial charge in [0, 0.05) is 56.1 Å². The Balaban J connectivity index is 1.38. The molecule has 1 aliphatic heterocycles. The van der Waals surface area contributed by atoms with Crippen LogP contribution in [0.15, 0.2) is 54.6 Å². The van der Waals surface area contributed by atoms with Crippen molar-refractivity contribution in [3.8, 4) is 0 Å². The summed E-state index contributed by atoms with van der Waals surface area (Å²) in [5.74, 6) is -1.11. The zero-order chi connectivity index (χ0) is 24.4. The molecule has 3 aromatic carbocycles. The molecule has 7 nitrogen and oxygen atoms in total. The van der Waals surface area contributed by atoms with Crippen molar-refractivity contribution in [3.63, 3.8) is 0 Å². The Morgan fingerprint density at radius 2 is 1.77 bits per heavy atom. The number of benzene rings is 3. The third kappa shape index (κ3) is 4.95. The first-order chi connectivity index (χ1) is 17.0. The van der Waals surface area contributed by atoms with Gasteiger partial charge in [-0.05, 0) is 60.0 Å². The van der Waals surface area contributed by atoms with Crippen LogP contribution in [0.4, 0.5) is 26.0 Å². The molecule has 5 rings (SSSR count). The molecular weight excluding hydrogens is 450 g/mol. The van der Waals surface area contributed by atoms with Gasteiger partial charge in [0.1, 0.15) is 11.6 Å². The van der Waals surface area contributed by atoms with Crippen LogP contribution in [0.2, 0.25) is 0 Å². The van der Waals surface area contributed by atoms with E-state index in [-0.39, 0.29) is 5.91 Å². The number of nitrogens with one attached hydrogen (secondary N) is 4. The van der Waals surface area contributed by atoms with Gasteiger partial charge in [-0.3, -0.25) is 9.89 Å². The maximum atomic E-state index is 13.6. The van der Waals surface area contributed by atoms with Crippen molar-refractivity contribution in [2.45, 2.75) is 6.42 Å². The molecule has 1 aliphatic rings. The van der Waals surface area contributed by atoms with Crippen LogP contribution in [0.25, 0.3) is 10.9 Å². The van der Waals surface area contributed by atoms with Gasteiger partial charge in [-0.2, -0.15) is 5.10 Å². The highest BCUT2D eigenvalue weighted by molar-refractivity contribution is 6.11. The van der Waals surface area contributed by atoms with Gasteiger partial charge in [-0.25, -0.2) is 8.78 Å². The van der Waals surface area contributed by atoms with Crippen LogP contribution >= 0.6 is 0 Å². The fourth-order valence-corrected chi connectivity index (χ4v) is 4.45. The molecule has 1 amide bonds. The standard InChI is InChI=1S/C26H26F2N6O/c1-29-24-15-20(34-8-6-30-7-9-34)3-4-21(24)26(35)31-25-22-13-16(2-5-23(22)32-33-25)10-17-11-18(27)14-19(28)12-17/h2-5,11-15,29-30H,6-10H2,1H3,(H2,31,32,33,35). The maximum absolute atomic E-state index is 13.6. The predicted molar refractivity (Wildman–Crippen MR) is 134 cm³/mol. The van der Waals surface area contributed by atoms with Crippen molar-refractivity contribution >= 4 is 34.0 Å². The molecule has 4 aromatic rings. The van der Waals surface area contributed by atoms with Crippen molar-refractivity contribution in [1.29, 1.82) is 0 Å². The summed E-state index contributed by atoms with van der Waals surface area (Å²) in [4.78, 5) is 15.4. The zero-order valence-electron chi connectivity index (χ0n) is 19.3. The number of nitrogens with zero attached hydrogens (tertiary/aromatic N) is 2. The monoisotopic (exact) mass is 476 g/mol. The summed E-state index contributed by atoms with van der Waals surface area (Å²) in [7, 11) is 1.79. The minimum absolute atomic E-state index is 0.285. The minimum atomic E-state index is -0.611. The highest BCUT2D eigenvalue weighted by Crippen LogP contribution is 2.27. The fourth-order valence-electron chi connectivity index (χ4n) is 4.45. The summed E-state index contributed by atoms with van der Waals surface area (Å²) in [6.07, 6.45) is 0.348. The van der Waals surface area contributed by atoms with Crippen LogP contribution < -0.4 is 20.9 Å². The molecule has 9 heteroatoms. The normalized spacial score (nSPS) is 13.7. The molecular formula is C26H26F2N6O. The first-order valence-corrected chi connectivity index (χ1v) is 11.5. The molecule has 1 fully saturated rings. The summed E-state index contributed by atoms with van der Waals surface area (Å²) in [6, 6.07) is 14.8. The average Bonchev–Trinajstić information content (AvgIpc) is 3.25. The van der Waals surface area contributed by atoms with Gasteiger partial charge in [-0.15, -0.1) is 0 Å². The van der Waals surface area contributed by atoms with E-state index in [1.807, 2.05) is 36.4 Å². The molecule has 1 saturated heterocycles. The lowest BCUT2D eigenvalue weighted by Gasteiger charge is -2.30. The summed E-state index contributed by atoms with van der Waals surface area (Å²) >= 11 is 0. The number of hydrogen-bond donors (Lipinski definition) is 4. The van der Waals surface area contributed by atoms with Gasteiger partial charge >= 0.3 is 0 Å². The molecule has 180 valence electrons. The summed E-state index contributed by atoms with van der Waals surface area (Å²) in [6.45, 7) is 3.69. The molecule has 0 bridgehead atoms. The second kappa shape index (κ2) is 9.71. The Bertz CT molecular complexity index is 1360. The molecule has 0 atom stereocenters. The second-order valence-electron chi connectivity index (χ2n) is 8.58. The van der Waals surface area contributed by atoms with E-state index in [4.69, 9.17) is 0 Å². The lowest BCUT2D eigenvalue weighted by Crippen LogP contribution is -2.43. The number of aromatic amines is 1. The Kier molecular flexibility index (Phi) is 6.33. The van der Waals surface area contributed by atoms with E-state index in [1.54, 1.807) is 7.05 Å². The quantitative estimate of drug-likeness (QED) is 0.336. The lowest BCUT2D eigenvalue weighted by molar-refractivity contribution is 0.102. The molecule has 0 saturated carbocycles. The number of aromatic nitrogens is 2.